The molecular formula is C12H14ClN3OS. The van der Waals surface area contributed by atoms with Crippen LogP contribution in [0.25, 0.3) is 0 Å². The molecule has 0 bridgehead atoms. The number of nitrogen functional groups attached to an aromatic ring is 1. The van der Waals surface area contributed by atoms with Gasteiger partial charge in [0.25, 0.3) is 0 Å². The Balaban J connectivity index is 2.30. The molecule has 6 heteroatoms. The molecule has 1 unspecified atom stereocenters. The molecule has 0 saturated heterocycles. The molecule has 0 aliphatic heterocycles. The maximum atomic E-state index is 12.3. The van der Waals surface area contributed by atoms with E-state index in [1.54, 1.807) is 22.9 Å². The van der Waals surface area contributed by atoms with Gasteiger partial charge in [-0.3, -0.25) is 8.89 Å². The molecule has 0 spiro atoms. The highest BCUT2D eigenvalue weighted by Gasteiger charge is 2.15. The Morgan fingerprint density at radius 2 is 2.22 bits per heavy atom. The molecule has 4 nitrogen and oxygen atoms in total. The second-order valence-corrected chi connectivity index (χ2v) is 5.84. The number of aryl methyl sites for hydroxylation is 2. The van der Waals surface area contributed by atoms with Crippen molar-refractivity contribution in [2.45, 2.75) is 17.6 Å². The number of rotatable bonds is 3. The first-order valence-corrected chi connectivity index (χ1v) is 7.10. The van der Waals surface area contributed by atoms with Crippen LogP contribution in [0.4, 0.5) is 5.69 Å². The molecule has 2 rings (SSSR count). The van der Waals surface area contributed by atoms with E-state index in [4.69, 9.17) is 17.3 Å². The van der Waals surface area contributed by atoms with Crippen molar-refractivity contribution in [1.82, 2.24) is 9.78 Å². The lowest BCUT2D eigenvalue weighted by molar-refractivity contribution is 0.676. The first kappa shape index (κ1) is 13.1. The molecule has 0 aliphatic carbocycles. The smallest absolute Gasteiger partial charge is 0.0807 e. The Morgan fingerprint density at radius 1 is 1.50 bits per heavy atom. The zero-order valence-electron chi connectivity index (χ0n) is 10.2. The molecular weight excluding hydrogens is 270 g/mol. The van der Waals surface area contributed by atoms with E-state index in [9.17, 15) is 4.21 Å². The highest BCUT2D eigenvalue weighted by Crippen LogP contribution is 2.27. The predicted molar refractivity (Wildman–Crippen MR) is 73.9 cm³/mol. The Bertz CT molecular complexity index is 589. The molecule has 1 aromatic carbocycles. The Labute approximate surface area is 113 Å². The van der Waals surface area contributed by atoms with Crippen molar-refractivity contribution in [2.75, 3.05) is 5.73 Å². The quantitative estimate of drug-likeness (QED) is 0.879. The molecule has 2 aromatic rings. The summed E-state index contributed by atoms with van der Waals surface area (Å²) in [6.07, 6.45) is 0. The van der Waals surface area contributed by atoms with Crippen molar-refractivity contribution in [3.8, 4) is 0 Å². The molecule has 1 atom stereocenters. The van der Waals surface area contributed by atoms with Gasteiger partial charge in [0.05, 0.1) is 37.9 Å². The number of nitrogens with two attached hydrogens (primary N) is 1. The summed E-state index contributed by atoms with van der Waals surface area (Å²) in [6, 6.07) is 7.05. The third-order valence-electron chi connectivity index (χ3n) is 2.60. The van der Waals surface area contributed by atoms with Gasteiger partial charge in [0.2, 0.25) is 0 Å². The number of anilines is 1. The van der Waals surface area contributed by atoms with Crippen LogP contribution in [0.5, 0.6) is 0 Å². The third kappa shape index (κ3) is 2.57. The van der Waals surface area contributed by atoms with Gasteiger partial charge in [-0.25, -0.2) is 0 Å². The molecule has 0 amide bonds. The van der Waals surface area contributed by atoms with Gasteiger partial charge in [-0.1, -0.05) is 17.7 Å². The van der Waals surface area contributed by atoms with Crippen molar-refractivity contribution in [2.24, 2.45) is 7.05 Å². The minimum absolute atomic E-state index is 0.352. The van der Waals surface area contributed by atoms with Crippen LogP contribution < -0.4 is 5.73 Å². The molecule has 0 radical (unpaired) electrons. The zero-order valence-corrected chi connectivity index (χ0v) is 11.8. The fraction of sp³-hybridized carbons (Fsp3) is 0.250. The van der Waals surface area contributed by atoms with Crippen LogP contribution >= 0.6 is 11.6 Å². The summed E-state index contributed by atoms with van der Waals surface area (Å²) in [7, 11) is 0.557. The van der Waals surface area contributed by atoms with Crippen LogP contribution in [0.15, 0.2) is 29.2 Å². The number of benzene rings is 1. The maximum Gasteiger partial charge on any atom is 0.0807 e. The van der Waals surface area contributed by atoms with Crippen LogP contribution in [0, 0.1) is 6.92 Å². The number of nitrogens with zero attached hydrogens (tertiary/aromatic N) is 2. The summed E-state index contributed by atoms with van der Waals surface area (Å²) in [5.41, 5.74) is 8.07. The minimum Gasteiger partial charge on any atom is -0.398 e. The van der Waals surface area contributed by atoms with Crippen LogP contribution in [0.1, 0.15) is 11.4 Å². The molecule has 18 heavy (non-hydrogen) atoms. The lowest BCUT2D eigenvalue weighted by Crippen LogP contribution is -2.05. The van der Waals surface area contributed by atoms with Gasteiger partial charge in [0.1, 0.15) is 0 Å². The number of hydrogen-bond donors (Lipinski definition) is 1. The normalized spacial score (nSPS) is 12.6. The van der Waals surface area contributed by atoms with Gasteiger partial charge in [0.15, 0.2) is 0 Å². The monoisotopic (exact) mass is 283 g/mol. The van der Waals surface area contributed by atoms with Gasteiger partial charge >= 0.3 is 0 Å². The molecule has 1 heterocycles. The van der Waals surface area contributed by atoms with Crippen molar-refractivity contribution in [3.05, 3.63) is 40.7 Å². The molecule has 96 valence electrons. The average molecular weight is 284 g/mol. The van der Waals surface area contributed by atoms with E-state index >= 15 is 0 Å². The standard InChI is InChI=1S/C12H14ClN3OS/c1-8-6-9(16(2)15-8)7-18(17)12-10(13)4-3-5-11(12)14/h3-6H,7,14H2,1-2H3. The molecule has 0 saturated carbocycles. The summed E-state index contributed by atoms with van der Waals surface area (Å²) in [5, 5.41) is 4.66. The zero-order chi connectivity index (χ0) is 13.3. The largest absolute Gasteiger partial charge is 0.398 e. The number of aromatic nitrogens is 2. The Hall–Kier alpha value is -1.33. The third-order valence-corrected chi connectivity index (χ3v) is 4.50. The van der Waals surface area contributed by atoms with Crippen molar-refractivity contribution in [1.29, 1.82) is 0 Å². The highest BCUT2D eigenvalue weighted by molar-refractivity contribution is 7.84. The summed E-state index contributed by atoms with van der Waals surface area (Å²) in [6.45, 7) is 1.90. The van der Waals surface area contributed by atoms with Gasteiger partial charge < -0.3 is 5.73 Å². The van der Waals surface area contributed by atoms with Crippen LogP contribution in [-0.4, -0.2) is 14.0 Å². The van der Waals surface area contributed by atoms with Gasteiger partial charge in [-0.15, -0.1) is 0 Å². The molecule has 0 fully saturated rings. The van der Waals surface area contributed by atoms with Crippen LogP contribution in [-0.2, 0) is 23.6 Å². The van der Waals surface area contributed by atoms with E-state index < -0.39 is 10.8 Å². The Morgan fingerprint density at radius 3 is 2.78 bits per heavy atom. The van der Waals surface area contributed by atoms with E-state index in [1.807, 2.05) is 20.0 Å². The Kier molecular flexibility index (Phi) is 3.73. The maximum absolute atomic E-state index is 12.3. The van der Waals surface area contributed by atoms with Gasteiger partial charge in [0, 0.05) is 12.7 Å². The second kappa shape index (κ2) is 5.12. The molecule has 0 aliphatic rings. The van der Waals surface area contributed by atoms with E-state index in [1.165, 1.54) is 0 Å². The first-order chi connectivity index (χ1) is 8.49. The molecule has 2 N–H and O–H groups in total. The van der Waals surface area contributed by atoms with Crippen molar-refractivity contribution in [3.63, 3.8) is 0 Å². The van der Waals surface area contributed by atoms with Crippen LogP contribution in [0.2, 0.25) is 5.02 Å². The van der Waals surface area contributed by atoms with Crippen LogP contribution in [0.3, 0.4) is 0 Å². The lowest BCUT2D eigenvalue weighted by atomic mass is 10.3. The topological polar surface area (TPSA) is 60.9 Å². The van der Waals surface area contributed by atoms with Crippen molar-refractivity contribution >= 4 is 28.1 Å². The first-order valence-electron chi connectivity index (χ1n) is 5.41. The number of halogens is 1. The number of hydrogen-bond acceptors (Lipinski definition) is 3. The van der Waals surface area contributed by atoms with E-state index in [2.05, 4.69) is 5.10 Å². The summed E-state index contributed by atoms with van der Waals surface area (Å²) >= 11 is 6.04. The minimum atomic E-state index is -1.27. The summed E-state index contributed by atoms with van der Waals surface area (Å²) in [5.74, 6) is 0.352. The second-order valence-electron chi connectivity index (χ2n) is 4.05. The fourth-order valence-electron chi connectivity index (χ4n) is 1.77. The predicted octanol–water partition coefficient (Wildman–Crippen LogP) is 2.27. The highest BCUT2D eigenvalue weighted by atomic mass is 35.5. The van der Waals surface area contributed by atoms with Gasteiger partial charge in [-0.05, 0) is 25.1 Å². The van der Waals surface area contributed by atoms with E-state index in [0.717, 1.165) is 11.4 Å². The lowest BCUT2D eigenvalue weighted by Gasteiger charge is -2.07. The molecule has 1 aromatic heterocycles. The summed E-state index contributed by atoms with van der Waals surface area (Å²) in [4.78, 5) is 0.498. The van der Waals surface area contributed by atoms with Gasteiger partial charge in [-0.2, -0.15) is 5.10 Å². The summed E-state index contributed by atoms with van der Waals surface area (Å²) < 4.78 is 14.0. The van der Waals surface area contributed by atoms with Crippen molar-refractivity contribution < 1.29 is 4.21 Å². The average Bonchev–Trinajstić information content (AvgIpc) is 2.57. The van der Waals surface area contributed by atoms with E-state index in [-0.39, 0.29) is 0 Å². The fourth-order valence-corrected chi connectivity index (χ4v) is 3.51. The SMILES string of the molecule is Cc1cc(CS(=O)c2c(N)cccc2Cl)n(C)n1. The van der Waals surface area contributed by atoms with E-state index in [0.29, 0.717) is 21.4 Å².